The highest BCUT2D eigenvalue weighted by atomic mass is 35.5. The van der Waals surface area contributed by atoms with E-state index >= 15 is 0 Å². The van der Waals surface area contributed by atoms with Gasteiger partial charge < -0.3 is 10.2 Å². The van der Waals surface area contributed by atoms with Crippen molar-refractivity contribution in [3.8, 4) is 0 Å². The molecular weight excluding hydrogens is 274 g/mol. The van der Waals surface area contributed by atoms with Gasteiger partial charge in [0.15, 0.2) is 0 Å². The van der Waals surface area contributed by atoms with Gasteiger partial charge in [-0.05, 0) is 18.2 Å². The first-order chi connectivity index (χ1) is 9.68. The first-order valence-corrected chi connectivity index (χ1v) is 6.70. The topological polar surface area (TPSA) is 45.2 Å². The fraction of sp³-hybridized carbons (Fsp3) is 0.200. The molecule has 104 valence electrons. The molecule has 0 saturated heterocycles. The summed E-state index contributed by atoms with van der Waals surface area (Å²) in [5.41, 5.74) is 1.51. The molecule has 1 N–H and O–H groups in total. The van der Waals surface area contributed by atoms with Crippen LogP contribution in [0, 0.1) is 0 Å². The normalized spacial score (nSPS) is 10.1. The number of nitrogens with zero attached hydrogens (tertiary/aromatic N) is 2. The maximum absolute atomic E-state index is 11.9. The average molecular weight is 290 g/mol. The van der Waals surface area contributed by atoms with Gasteiger partial charge in [-0.15, -0.1) is 0 Å². The molecule has 0 radical (unpaired) electrons. The highest BCUT2D eigenvalue weighted by molar-refractivity contribution is 6.33. The van der Waals surface area contributed by atoms with E-state index in [1.807, 2.05) is 37.4 Å². The predicted molar refractivity (Wildman–Crippen MR) is 81.3 cm³/mol. The monoisotopic (exact) mass is 289 g/mol. The van der Waals surface area contributed by atoms with Crippen LogP contribution in [0.5, 0.6) is 0 Å². The Hall–Kier alpha value is -2.07. The maximum atomic E-state index is 11.9. The van der Waals surface area contributed by atoms with E-state index in [1.165, 1.54) is 6.20 Å². The third kappa shape index (κ3) is 3.71. The fourth-order valence-electron chi connectivity index (χ4n) is 1.79. The molecule has 1 aromatic carbocycles. The molecule has 20 heavy (non-hydrogen) atoms. The lowest BCUT2D eigenvalue weighted by Crippen LogP contribution is -2.33. The molecule has 0 aliphatic carbocycles. The number of hydrogen-bond donors (Lipinski definition) is 1. The smallest absolute Gasteiger partial charge is 0.254 e. The van der Waals surface area contributed by atoms with Gasteiger partial charge in [-0.25, -0.2) is 0 Å². The van der Waals surface area contributed by atoms with Crippen LogP contribution in [0.25, 0.3) is 0 Å². The van der Waals surface area contributed by atoms with Crippen LogP contribution in [0.1, 0.15) is 10.4 Å². The number of amides is 1. The van der Waals surface area contributed by atoms with Gasteiger partial charge in [0.05, 0.1) is 10.6 Å². The number of carbonyl (C=O) groups excluding carboxylic acids is 1. The van der Waals surface area contributed by atoms with Crippen LogP contribution < -0.4 is 10.2 Å². The molecule has 0 saturated carbocycles. The van der Waals surface area contributed by atoms with E-state index in [2.05, 4.69) is 15.2 Å². The minimum Gasteiger partial charge on any atom is -0.373 e. The molecule has 1 heterocycles. The van der Waals surface area contributed by atoms with Gasteiger partial charge in [0.1, 0.15) is 0 Å². The standard InChI is InChI=1S/C15H16ClN3O/c1-19(12-5-3-2-4-6-12)10-9-18-15(20)13-11-17-8-7-14(13)16/h2-8,11H,9-10H2,1H3,(H,18,20). The van der Waals surface area contributed by atoms with Crippen molar-refractivity contribution in [2.24, 2.45) is 0 Å². The molecule has 0 bridgehead atoms. The van der Waals surface area contributed by atoms with Crippen molar-refractivity contribution in [1.82, 2.24) is 10.3 Å². The van der Waals surface area contributed by atoms with Crippen molar-refractivity contribution in [3.05, 3.63) is 59.4 Å². The van der Waals surface area contributed by atoms with Crippen LogP contribution in [0.3, 0.4) is 0 Å². The lowest BCUT2D eigenvalue weighted by atomic mass is 10.2. The second-order valence-electron chi connectivity index (χ2n) is 4.37. The van der Waals surface area contributed by atoms with E-state index in [0.29, 0.717) is 23.7 Å². The van der Waals surface area contributed by atoms with Crippen LogP contribution in [0.4, 0.5) is 5.69 Å². The van der Waals surface area contributed by atoms with Crippen molar-refractivity contribution in [1.29, 1.82) is 0 Å². The molecule has 0 spiro atoms. The van der Waals surface area contributed by atoms with Crippen LogP contribution in [0.15, 0.2) is 48.8 Å². The number of hydrogen-bond acceptors (Lipinski definition) is 3. The summed E-state index contributed by atoms with van der Waals surface area (Å²) in [6.45, 7) is 1.25. The fourth-order valence-corrected chi connectivity index (χ4v) is 1.98. The zero-order chi connectivity index (χ0) is 14.4. The van der Waals surface area contributed by atoms with E-state index in [4.69, 9.17) is 11.6 Å². The van der Waals surface area contributed by atoms with Crippen LogP contribution in [-0.2, 0) is 0 Å². The van der Waals surface area contributed by atoms with Crippen molar-refractivity contribution in [3.63, 3.8) is 0 Å². The van der Waals surface area contributed by atoms with Crippen LogP contribution in [-0.4, -0.2) is 31.0 Å². The number of rotatable bonds is 5. The van der Waals surface area contributed by atoms with Gasteiger partial charge in [-0.2, -0.15) is 0 Å². The SMILES string of the molecule is CN(CCNC(=O)c1cnccc1Cl)c1ccccc1. The van der Waals surface area contributed by atoms with E-state index in [0.717, 1.165) is 5.69 Å². The third-order valence-corrected chi connectivity index (χ3v) is 3.27. The Labute approximate surface area is 123 Å². The van der Waals surface area contributed by atoms with Crippen LogP contribution >= 0.6 is 11.6 Å². The van der Waals surface area contributed by atoms with Gasteiger partial charge in [-0.3, -0.25) is 9.78 Å². The Balaban J connectivity index is 1.84. The Bertz CT molecular complexity index is 574. The molecule has 1 amide bonds. The van der Waals surface area contributed by atoms with Crippen molar-refractivity contribution in [2.45, 2.75) is 0 Å². The number of likely N-dealkylation sites (N-methyl/N-ethyl adjacent to an activating group) is 1. The zero-order valence-corrected chi connectivity index (χ0v) is 12.0. The van der Waals surface area contributed by atoms with E-state index < -0.39 is 0 Å². The predicted octanol–water partition coefficient (Wildman–Crippen LogP) is 2.60. The summed E-state index contributed by atoms with van der Waals surface area (Å²) in [5, 5.41) is 3.25. The second kappa shape index (κ2) is 6.91. The molecule has 1 aromatic heterocycles. The minimum atomic E-state index is -0.204. The number of pyridine rings is 1. The number of para-hydroxylation sites is 1. The summed E-state index contributed by atoms with van der Waals surface area (Å²) in [6, 6.07) is 11.6. The first kappa shape index (κ1) is 14.3. The minimum absolute atomic E-state index is 0.204. The first-order valence-electron chi connectivity index (χ1n) is 6.32. The molecule has 2 aromatic rings. The molecular formula is C15H16ClN3O. The maximum Gasteiger partial charge on any atom is 0.254 e. The summed E-state index contributed by atoms with van der Waals surface area (Å²) in [4.78, 5) is 17.9. The van der Waals surface area contributed by atoms with E-state index in [9.17, 15) is 4.79 Å². The number of nitrogens with one attached hydrogen (secondary N) is 1. The quantitative estimate of drug-likeness (QED) is 0.920. The zero-order valence-electron chi connectivity index (χ0n) is 11.2. The molecule has 0 atom stereocenters. The van der Waals surface area contributed by atoms with Crippen LogP contribution in [0.2, 0.25) is 5.02 Å². The third-order valence-electron chi connectivity index (χ3n) is 2.94. The summed E-state index contributed by atoms with van der Waals surface area (Å²) in [5.74, 6) is -0.204. The van der Waals surface area contributed by atoms with E-state index in [1.54, 1.807) is 12.3 Å². The molecule has 0 fully saturated rings. The summed E-state index contributed by atoms with van der Waals surface area (Å²) in [6.07, 6.45) is 3.03. The summed E-state index contributed by atoms with van der Waals surface area (Å²) in [7, 11) is 1.98. The highest BCUT2D eigenvalue weighted by Crippen LogP contribution is 2.13. The highest BCUT2D eigenvalue weighted by Gasteiger charge is 2.09. The molecule has 0 aliphatic rings. The molecule has 2 rings (SSSR count). The van der Waals surface area contributed by atoms with Gasteiger partial charge >= 0.3 is 0 Å². The molecule has 4 nitrogen and oxygen atoms in total. The lowest BCUT2D eigenvalue weighted by Gasteiger charge is -2.19. The number of benzene rings is 1. The van der Waals surface area contributed by atoms with Gasteiger partial charge in [0, 0.05) is 38.2 Å². The van der Waals surface area contributed by atoms with Crippen molar-refractivity contribution >= 4 is 23.2 Å². The van der Waals surface area contributed by atoms with Crippen molar-refractivity contribution < 1.29 is 4.79 Å². The van der Waals surface area contributed by atoms with E-state index in [-0.39, 0.29) is 5.91 Å². The lowest BCUT2D eigenvalue weighted by molar-refractivity contribution is 0.0954. The number of aromatic nitrogens is 1. The summed E-state index contributed by atoms with van der Waals surface area (Å²) < 4.78 is 0. The Morgan fingerprint density at radius 1 is 1.30 bits per heavy atom. The molecule has 5 heteroatoms. The Morgan fingerprint density at radius 2 is 2.05 bits per heavy atom. The molecule has 0 unspecified atom stereocenters. The second-order valence-corrected chi connectivity index (χ2v) is 4.78. The van der Waals surface area contributed by atoms with Gasteiger partial charge in [0.2, 0.25) is 0 Å². The number of anilines is 1. The Morgan fingerprint density at radius 3 is 2.75 bits per heavy atom. The number of halogens is 1. The Kier molecular flexibility index (Phi) is 4.96. The molecule has 0 aliphatic heterocycles. The van der Waals surface area contributed by atoms with Gasteiger partial charge in [-0.1, -0.05) is 29.8 Å². The van der Waals surface area contributed by atoms with Gasteiger partial charge in [0.25, 0.3) is 5.91 Å². The average Bonchev–Trinajstić information content (AvgIpc) is 2.48. The number of carbonyl (C=O) groups is 1. The summed E-state index contributed by atoms with van der Waals surface area (Å²) >= 11 is 5.95. The largest absolute Gasteiger partial charge is 0.373 e. The van der Waals surface area contributed by atoms with Crippen molar-refractivity contribution in [2.75, 3.05) is 25.0 Å².